The Labute approximate surface area is 109 Å². The Hall–Kier alpha value is -1.09. The number of likely N-dealkylation sites (tertiary alicyclic amines) is 1. The van der Waals surface area contributed by atoms with Gasteiger partial charge in [0, 0.05) is 31.7 Å². The molecule has 1 aromatic rings. The Balaban J connectivity index is 1.49. The van der Waals surface area contributed by atoms with Crippen molar-refractivity contribution >= 4 is 0 Å². The van der Waals surface area contributed by atoms with Crippen molar-refractivity contribution in [2.75, 3.05) is 26.7 Å². The molecule has 2 heterocycles. The van der Waals surface area contributed by atoms with Crippen LogP contribution in [0.5, 0.6) is 5.75 Å². The maximum absolute atomic E-state index is 5.12. The van der Waals surface area contributed by atoms with Crippen molar-refractivity contribution < 1.29 is 4.74 Å². The Morgan fingerprint density at radius 1 is 1.28 bits per heavy atom. The topological polar surface area (TPSA) is 25.4 Å². The molecule has 3 nitrogen and oxygen atoms in total. The number of nitrogens with zero attached hydrogens (tertiary/aromatic N) is 2. The summed E-state index contributed by atoms with van der Waals surface area (Å²) < 4.78 is 5.12. The lowest BCUT2D eigenvalue weighted by molar-refractivity contribution is 0.314. The zero-order valence-corrected chi connectivity index (χ0v) is 11.1. The fourth-order valence-corrected chi connectivity index (χ4v) is 3.47. The third-order valence-electron chi connectivity index (χ3n) is 4.52. The van der Waals surface area contributed by atoms with E-state index in [-0.39, 0.29) is 0 Å². The van der Waals surface area contributed by atoms with Crippen LogP contribution in [0.2, 0.25) is 0 Å². The summed E-state index contributed by atoms with van der Waals surface area (Å²) in [6.45, 7) is 3.80. The van der Waals surface area contributed by atoms with Crippen molar-refractivity contribution in [3.63, 3.8) is 0 Å². The highest BCUT2D eigenvalue weighted by Crippen LogP contribution is 2.37. The highest BCUT2D eigenvalue weighted by atomic mass is 16.5. The molecule has 0 spiro atoms. The van der Waals surface area contributed by atoms with Crippen LogP contribution in [0.15, 0.2) is 18.3 Å². The first kappa shape index (κ1) is 12.0. The van der Waals surface area contributed by atoms with Gasteiger partial charge in [0.05, 0.1) is 13.3 Å². The number of hydrogen-bond acceptors (Lipinski definition) is 3. The van der Waals surface area contributed by atoms with Gasteiger partial charge in [-0.15, -0.1) is 0 Å². The molecule has 1 aromatic heterocycles. The molecule has 0 amide bonds. The molecule has 2 unspecified atom stereocenters. The molecule has 1 aliphatic heterocycles. The summed E-state index contributed by atoms with van der Waals surface area (Å²) >= 11 is 0. The lowest BCUT2D eigenvalue weighted by Crippen LogP contribution is -2.24. The normalized spacial score (nSPS) is 27.4. The minimum atomic E-state index is 0.842. The largest absolute Gasteiger partial charge is 0.495 e. The average Bonchev–Trinajstić information content (AvgIpc) is 2.97. The first-order chi connectivity index (χ1) is 8.85. The molecule has 98 valence electrons. The standard InChI is InChI=1S/C15H22N2O/c1-18-15-6-5-14(16-9-15)7-8-17-10-12-3-2-4-13(12)11-17/h5-6,9,12-13H,2-4,7-8,10-11H2,1H3. The van der Waals surface area contributed by atoms with E-state index in [2.05, 4.69) is 16.0 Å². The maximum atomic E-state index is 5.12. The van der Waals surface area contributed by atoms with Crippen molar-refractivity contribution in [1.29, 1.82) is 0 Å². The molecule has 3 heteroatoms. The van der Waals surface area contributed by atoms with Crippen LogP contribution in [-0.4, -0.2) is 36.6 Å². The fraction of sp³-hybridized carbons (Fsp3) is 0.667. The number of hydrogen-bond donors (Lipinski definition) is 0. The molecule has 2 aliphatic rings. The molecule has 0 N–H and O–H groups in total. The van der Waals surface area contributed by atoms with E-state index in [4.69, 9.17) is 4.74 Å². The van der Waals surface area contributed by atoms with Crippen molar-refractivity contribution in [3.8, 4) is 5.75 Å². The smallest absolute Gasteiger partial charge is 0.137 e. The van der Waals surface area contributed by atoms with E-state index in [0.717, 1.165) is 30.6 Å². The van der Waals surface area contributed by atoms with Crippen LogP contribution < -0.4 is 4.74 Å². The Morgan fingerprint density at radius 2 is 2.06 bits per heavy atom. The fourth-order valence-electron chi connectivity index (χ4n) is 3.47. The lowest BCUT2D eigenvalue weighted by Gasteiger charge is -2.16. The summed E-state index contributed by atoms with van der Waals surface area (Å²) in [5.74, 6) is 2.83. The van der Waals surface area contributed by atoms with Gasteiger partial charge >= 0.3 is 0 Å². The summed E-state index contributed by atoms with van der Waals surface area (Å²) in [6.07, 6.45) is 7.25. The second-order valence-corrected chi connectivity index (χ2v) is 5.65. The Morgan fingerprint density at radius 3 is 2.67 bits per heavy atom. The third-order valence-corrected chi connectivity index (χ3v) is 4.52. The van der Waals surface area contributed by atoms with Crippen LogP contribution in [0.1, 0.15) is 25.0 Å². The molecule has 2 atom stereocenters. The number of rotatable bonds is 4. The monoisotopic (exact) mass is 246 g/mol. The van der Waals surface area contributed by atoms with E-state index in [9.17, 15) is 0 Å². The van der Waals surface area contributed by atoms with E-state index in [1.165, 1.54) is 38.0 Å². The zero-order chi connectivity index (χ0) is 12.4. The highest BCUT2D eigenvalue weighted by Gasteiger charge is 2.35. The SMILES string of the molecule is COc1ccc(CCN2CC3CCCC3C2)nc1. The predicted molar refractivity (Wildman–Crippen MR) is 71.8 cm³/mol. The van der Waals surface area contributed by atoms with Crippen molar-refractivity contribution in [3.05, 3.63) is 24.0 Å². The van der Waals surface area contributed by atoms with Gasteiger partial charge in [-0.1, -0.05) is 6.42 Å². The lowest BCUT2D eigenvalue weighted by atomic mass is 10.0. The van der Waals surface area contributed by atoms with E-state index in [1.807, 2.05) is 12.3 Å². The maximum Gasteiger partial charge on any atom is 0.137 e. The Kier molecular flexibility index (Phi) is 3.50. The molecule has 2 fully saturated rings. The minimum Gasteiger partial charge on any atom is -0.495 e. The molecule has 0 aromatic carbocycles. The number of ether oxygens (including phenoxy) is 1. The summed E-state index contributed by atoms with van der Waals surface area (Å²) in [7, 11) is 1.68. The summed E-state index contributed by atoms with van der Waals surface area (Å²) in [6, 6.07) is 4.08. The molecule has 1 saturated heterocycles. The van der Waals surface area contributed by atoms with Gasteiger partial charge in [-0.3, -0.25) is 4.98 Å². The second kappa shape index (κ2) is 5.27. The van der Waals surface area contributed by atoms with Gasteiger partial charge in [0.1, 0.15) is 5.75 Å². The van der Waals surface area contributed by atoms with Gasteiger partial charge < -0.3 is 9.64 Å². The number of methoxy groups -OCH3 is 1. The van der Waals surface area contributed by atoms with Crippen LogP contribution in [0.4, 0.5) is 0 Å². The molecule has 3 rings (SSSR count). The van der Waals surface area contributed by atoms with Crippen LogP contribution in [0.25, 0.3) is 0 Å². The van der Waals surface area contributed by atoms with E-state index in [0.29, 0.717) is 0 Å². The molecule has 0 radical (unpaired) electrons. The van der Waals surface area contributed by atoms with Crippen LogP contribution in [-0.2, 0) is 6.42 Å². The third kappa shape index (κ3) is 2.51. The van der Waals surface area contributed by atoms with Gasteiger partial charge in [-0.05, 0) is 36.8 Å². The molecule has 1 saturated carbocycles. The number of aromatic nitrogens is 1. The van der Waals surface area contributed by atoms with Gasteiger partial charge in [0.25, 0.3) is 0 Å². The van der Waals surface area contributed by atoms with Crippen LogP contribution in [0, 0.1) is 11.8 Å². The van der Waals surface area contributed by atoms with Gasteiger partial charge in [0.15, 0.2) is 0 Å². The molecule has 0 bridgehead atoms. The number of pyridine rings is 1. The van der Waals surface area contributed by atoms with Gasteiger partial charge in [0.2, 0.25) is 0 Å². The van der Waals surface area contributed by atoms with Crippen molar-refractivity contribution in [2.45, 2.75) is 25.7 Å². The zero-order valence-electron chi connectivity index (χ0n) is 11.1. The summed E-state index contributed by atoms with van der Waals surface area (Å²) in [4.78, 5) is 7.06. The van der Waals surface area contributed by atoms with Gasteiger partial charge in [-0.25, -0.2) is 0 Å². The quantitative estimate of drug-likeness (QED) is 0.815. The summed E-state index contributed by atoms with van der Waals surface area (Å²) in [5.41, 5.74) is 1.17. The van der Waals surface area contributed by atoms with E-state index >= 15 is 0 Å². The molecular weight excluding hydrogens is 224 g/mol. The second-order valence-electron chi connectivity index (χ2n) is 5.65. The van der Waals surface area contributed by atoms with Crippen LogP contribution >= 0.6 is 0 Å². The molecule has 1 aliphatic carbocycles. The molecule has 18 heavy (non-hydrogen) atoms. The summed E-state index contributed by atoms with van der Waals surface area (Å²) in [5, 5.41) is 0. The van der Waals surface area contributed by atoms with E-state index < -0.39 is 0 Å². The first-order valence-corrected chi connectivity index (χ1v) is 7.06. The van der Waals surface area contributed by atoms with Gasteiger partial charge in [-0.2, -0.15) is 0 Å². The number of fused-ring (bicyclic) bond motifs is 1. The van der Waals surface area contributed by atoms with Crippen molar-refractivity contribution in [1.82, 2.24) is 9.88 Å². The first-order valence-electron chi connectivity index (χ1n) is 7.06. The molecular formula is C15H22N2O. The van der Waals surface area contributed by atoms with Crippen LogP contribution in [0.3, 0.4) is 0 Å². The Bertz CT molecular complexity index is 378. The van der Waals surface area contributed by atoms with E-state index in [1.54, 1.807) is 7.11 Å². The minimum absolute atomic E-state index is 0.842. The average molecular weight is 246 g/mol. The highest BCUT2D eigenvalue weighted by molar-refractivity contribution is 5.19. The van der Waals surface area contributed by atoms with Crippen molar-refractivity contribution in [2.24, 2.45) is 11.8 Å². The predicted octanol–water partition coefficient (Wildman–Crippen LogP) is 2.36.